The van der Waals surface area contributed by atoms with Crippen LogP contribution in [0.2, 0.25) is 0 Å². The second-order valence-electron chi connectivity index (χ2n) is 4.76. The van der Waals surface area contributed by atoms with Gasteiger partial charge in [-0.1, -0.05) is 6.92 Å². The lowest BCUT2D eigenvalue weighted by molar-refractivity contribution is 0.100. The third kappa shape index (κ3) is 2.16. The van der Waals surface area contributed by atoms with Crippen molar-refractivity contribution in [1.82, 2.24) is 0 Å². The highest BCUT2D eigenvalue weighted by atomic mass is 79.9. The van der Waals surface area contributed by atoms with Gasteiger partial charge in [-0.05, 0) is 46.3 Å². The average molecular weight is 301 g/mol. The summed E-state index contributed by atoms with van der Waals surface area (Å²) in [7, 11) is 3.21. The smallest absolute Gasteiger partial charge is 0.142 e. The zero-order valence-corrected chi connectivity index (χ0v) is 11.9. The number of benzene rings is 1. The van der Waals surface area contributed by atoms with Crippen molar-refractivity contribution in [3.05, 3.63) is 22.2 Å². The topological polar surface area (TPSA) is 38.7 Å². The van der Waals surface area contributed by atoms with Gasteiger partial charge in [0.25, 0.3) is 0 Å². The predicted molar refractivity (Wildman–Crippen MR) is 69.5 cm³/mol. The minimum Gasteiger partial charge on any atom is -0.495 e. The normalized spacial score (nSPS) is 18.6. The van der Waals surface area contributed by atoms with Crippen LogP contribution in [0.5, 0.6) is 11.5 Å². The Morgan fingerprint density at radius 1 is 1.29 bits per heavy atom. The molecule has 1 aromatic rings. The van der Waals surface area contributed by atoms with Crippen LogP contribution in [-0.2, 0) is 0 Å². The molecule has 1 aromatic carbocycles. The van der Waals surface area contributed by atoms with Gasteiger partial charge in [-0.3, -0.25) is 0 Å². The first-order valence-electron chi connectivity index (χ1n) is 5.62. The van der Waals surface area contributed by atoms with Crippen LogP contribution in [0.1, 0.15) is 31.4 Å². The molecule has 1 unspecified atom stereocenters. The van der Waals surface area contributed by atoms with Crippen molar-refractivity contribution in [1.29, 1.82) is 0 Å². The molecule has 0 aromatic heterocycles. The van der Waals surface area contributed by atoms with Crippen LogP contribution in [0.15, 0.2) is 16.6 Å². The Labute approximate surface area is 110 Å². The summed E-state index contributed by atoms with van der Waals surface area (Å²) >= 11 is 3.45. The second kappa shape index (κ2) is 4.50. The molecule has 1 atom stereocenters. The molecular formula is C13H17BrO3. The fourth-order valence-corrected chi connectivity index (χ4v) is 2.66. The van der Waals surface area contributed by atoms with E-state index in [2.05, 4.69) is 22.9 Å². The predicted octanol–water partition coefficient (Wildman–Crippen LogP) is 3.30. The van der Waals surface area contributed by atoms with E-state index >= 15 is 0 Å². The van der Waals surface area contributed by atoms with E-state index in [1.165, 1.54) is 0 Å². The molecule has 1 N–H and O–H groups in total. The Balaban J connectivity index is 2.43. The maximum Gasteiger partial charge on any atom is 0.142 e. The Morgan fingerprint density at radius 2 is 1.94 bits per heavy atom. The molecule has 0 saturated heterocycles. The van der Waals surface area contributed by atoms with Crippen LogP contribution in [0.4, 0.5) is 0 Å². The van der Waals surface area contributed by atoms with E-state index in [0.29, 0.717) is 11.5 Å². The quantitative estimate of drug-likeness (QED) is 0.927. The molecule has 3 nitrogen and oxygen atoms in total. The standard InChI is InChI=1S/C13H17BrO3/c1-13(6-7-13)12(15)8-4-5-9(16-2)10(14)11(8)17-3/h4-5,12,15H,6-7H2,1-3H3. The third-order valence-corrected chi connectivity index (χ3v) is 4.26. The van der Waals surface area contributed by atoms with Gasteiger partial charge in [0.15, 0.2) is 0 Å². The number of aliphatic hydroxyl groups is 1. The highest BCUT2D eigenvalue weighted by Gasteiger charge is 2.46. The van der Waals surface area contributed by atoms with Gasteiger partial charge in [0.1, 0.15) is 16.0 Å². The maximum absolute atomic E-state index is 10.4. The summed E-state index contributed by atoms with van der Waals surface area (Å²) < 4.78 is 11.3. The van der Waals surface area contributed by atoms with Gasteiger partial charge in [0.05, 0.1) is 20.3 Å². The molecule has 0 aliphatic heterocycles. The molecule has 0 bridgehead atoms. The molecule has 1 aliphatic carbocycles. The Kier molecular flexibility index (Phi) is 3.36. The SMILES string of the molecule is COc1ccc(C(O)C2(C)CC2)c(OC)c1Br. The van der Waals surface area contributed by atoms with Crippen molar-refractivity contribution in [3.8, 4) is 11.5 Å². The van der Waals surface area contributed by atoms with Crippen molar-refractivity contribution in [2.75, 3.05) is 14.2 Å². The molecule has 2 rings (SSSR count). The van der Waals surface area contributed by atoms with Gasteiger partial charge in [-0.2, -0.15) is 0 Å². The van der Waals surface area contributed by atoms with E-state index in [4.69, 9.17) is 9.47 Å². The van der Waals surface area contributed by atoms with Gasteiger partial charge in [0.2, 0.25) is 0 Å². The second-order valence-corrected chi connectivity index (χ2v) is 5.55. The molecule has 1 fully saturated rings. The van der Waals surface area contributed by atoms with E-state index in [1.807, 2.05) is 12.1 Å². The van der Waals surface area contributed by atoms with Gasteiger partial charge in [-0.15, -0.1) is 0 Å². The molecule has 1 saturated carbocycles. The Morgan fingerprint density at radius 3 is 2.41 bits per heavy atom. The van der Waals surface area contributed by atoms with E-state index in [-0.39, 0.29) is 5.41 Å². The average Bonchev–Trinajstić information content (AvgIpc) is 3.07. The van der Waals surface area contributed by atoms with Crippen molar-refractivity contribution in [2.24, 2.45) is 5.41 Å². The van der Waals surface area contributed by atoms with Gasteiger partial charge < -0.3 is 14.6 Å². The summed E-state index contributed by atoms with van der Waals surface area (Å²) in [5, 5.41) is 10.4. The first-order valence-corrected chi connectivity index (χ1v) is 6.41. The number of hydrogen-bond donors (Lipinski definition) is 1. The first kappa shape index (κ1) is 12.7. The molecule has 0 radical (unpaired) electrons. The summed E-state index contributed by atoms with van der Waals surface area (Å²) in [5.74, 6) is 1.36. The number of aliphatic hydroxyl groups excluding tert-OH is 1. The van der Waals surface area contributed by atoms with E-state index in [9.17, 15) is 5.11 Å². The monoisotopic (exact) mass is 300 g/mol. The van der Waals surface area contributed by atoms with Crippen LogP contribution in [-0.4, -0.2) is 19.3 Å². The Bertz CT molecular complexity index is 427. The first-order chi connectivity index (χ1) is 8.03. The number of halogens is 1. The van der Waals surface area contributed by atoms with Crippen molar-refractivity contribution in [2.45, 2.75) is 25.9 Å². The molecule has 0 amide bonds. The number of hydrogen-bond acceptors (Lipinski definition) is 3. The highest BCUT2D eigenvalue weighted by Crippen LogP contribution is 2.56. The summed E-state index contributed by atoms with van der Waals surface area (Å²) in [6.45, 7) is 2.09. The largest absolute Gasteiger partial charge is 0.495 e. The number of rotatable bonds is 4. The number of methoxy groups -OCH3 is 2. The van der Waals surface area contributed by atoms with Crippen molar-refractivity contribution < 1.29 is 14.6 Å². The van der Waals surface area contributed by atoms with E-state index in [0.717, 1.165) is 22.9 Å². The summed E-state index contributed by atoms with van der Waals surface area (Å²) in [4.78, 5) is 0. The van der Waals surface area contributed by atoms with Gasteiger partial charge in [0, 0.05) is 5.56 Å². The van der Waals surface area contributed by atoms with E-state index < -0.39 is 6.10 Å². The van der Waals surface area contributed by atoms with Crippen LogP contribution in [0, 0.1) is 5.41 Å². The molecule has 4 heteroatoms. The zero-order valence-electron chi connectivity index (χ0n) is 10.3. The molecular weight excluding hydrogens is 284 g/mol. The molecule has 1 aliphatic rings. The van der Waals surface area contributed by atoms with Crippen molar-refractivity contribution >= 4 is 15.9 Å². The van der Waals surface area contributed by atoms with Crippen LogP contribution >= 0.6 is 15.9 Å². The minimum atomic E-state index is -0.486. The summed E-state index contributed by atoms with van der Waals surface area (Å²) in [6, 6.07) is 3.72. The molecule has 94 valence electrons. The molecule has 0 spiro atoms. The summed E-state index contributed by atoms with van der Waals surface area (Å²) in [6.07, 6.45) is 1.63. The number of ether oxygens (including phenoxy) is 2. The lowest BCUT2D eigenvalue weighted by atomic mass is 9.94. The zero-order chi connectivity index (χ0) is 12.6. The molecule has 17 heavy (non-hydrogen) atoms. The maximum atomic E-state index is 10.4. The fraction of sp³-hybridized carbons (Fsp3) is 0.538. The fourth-order valence-electron chi connectivity index (χ4n) is 1.98. The van der Waals surface area contributed by atoms with Gasteiger partial charge in [-0.25, -0.2) is 0 Å². The summed E-state index contributed by atoms with van der Waals surface area (Å²) in [5.41, 5.74) is 0.821. The highest BCUT2D eigenvalue weighted by molar-refractivity contribution is 9.10. The minimum absolute atomic E-state index is 0.00130. The third-order valence-electron chi connectivity index (χ3n) is 3.51. The van der Waals surface area contributed by atoms with Crippen LogP contribution in [0.25, 0.3) is 0 Å². The van der Waals surface area contributed by atoms with Crippen LogP contribution < -0.4 is 9.47 Å². The van der Waals surface area contributed by atoms with Crippen LogP contribution in [0.3, 0.4) is 0 Å². The Hall–Kier alpha value is -0.740. The molecule has 0 heterocycles. The lowest BCUT2D eigenvalue weighted by Crippen LogP contribution is -2.11. The van der Waals surface area contributed by atoms with Gasteiger partial charge >= 0.3 is 0 Å². The lowest BCUT2D eigenvalue weighted by Gasteiger charge is -2.22. The van der Waals surface area contributed by atoms with Crippen molar-refractivity contribution in [3.63, 3.8) is 0 Å². The van der Waals surface area contributed by atoms with E-state index in [1.54, 1.807) is 14.2 Å².